The summed E-state index contributed by atoms with van der Waals surface area (Å²) in [6, 6.07) is 19.3. The largest absolute Gasteiger partial charge is 0.481 e. The lowest BCUT2D eigenvalue weighted by molar-refractivity contribution is -0.142. The predicted molar refractivity (Wildman–Crippen MR) is 199 cm³/mol. The molecule has 3 aliphatic rings. The first-order valence-electron chi connectivity index (χ1n) is 16.8. The Labute approximate surface area is 309 Å². The van der Waals surface area contributed by atoms with Crippen LogP contribution in [0.15, 0.2) is 95.7 Å². The summed E-state index contributed by atoms with van der Waals surface area (Å²) < 4.78 is 19.3. The van der Waals surface area contributed by atoms with Crippen LogP contribution in [-0.4, -0.2) is 83.7 Å². The van der Waals surface area contributed by atoms with Crippen molar-refractivity contribution in [3.63, 3.8) is 0 Å². The molecule has 0 saturated carbocycles. The van der Waals surface area contributed by atoms with Crippen molar-refractivity contribution in [2.45, 2.75) is 31.2 Å². The Morgan fingerprint density at radius 3 is 2.40 bits per heavy atom. The average Bonchev–Trinajstić information content (AvgIpc) is 3.80. The number of halogens is 2. The number of carbonyl (C=O) groups is 3. The molecule has 2 saturated heterocycles. The van der Waals surface area contributed by atoms with Crippen LogP contribution in [0.5, 0.6) is 0 Å². The minimum Gasteiger partial charge on any atom is -0.481 e. The second-order valence-electron chi connectivity index (χ2n) is 13.6. The minimum atomic E-state index is -0.990. The van der Waals surface area contributed by atoms with Gasteiger partial charge in [-0.2, -0.15) is 0 Å². The monoisotopic (exact) mass is 741 g/mol. The molecule has 1 aromatic heterocycles. The number of ether oxygens (including phenoxy) is 1. The average molecular weight is 742 g/mol. The number of dihydropyridines is 1. The van der Waals surface area contributed by atoms with Gasteiger partial charge in [-0.1, -0.05) is 54.1 Å². The van der Waals surface area contributed by atoms with Crippen LogP contribution in [0.25, 0.3) is 16.8 Å². The number of urea groups is 1. The van der Waals surface area contributed by atoms with E-state index in [0.29, 0.717) is 55.3 Å². The lowest BCUT2D eigenvalue weighted by Crippen LogP contribution is -2.53. The summed E-state index contributed by atoms with van der Waals surface area (Å²) in [4.78, 5) is 49.1. The predicted octanol–water partition coefficient (Wildman–Crippen LogP) is 6.75. The summed E-state index contributed by atoms with van der Waals surface area (Å²) in [6.07, 6.45) is 3.58. The molecule has 0 spiro atoms. The van der Waals surface area contributed by atoms with Crippen LogP contribution >= 0.6 is 22.9 Å². The molecule has 2 N–H and O–H groups in total. The maximum Gasteiger partial charge on any atom is 0.336 e. The molecule has 0 aliphatic carbocycles. The lowest BCUT2D eigenvalue weighted by atomic mass is 9.84. The second kappa shape index (κ2) is 14.2. The molecule has 4 aromatic rings. The zero-order valence-electron chi connectivity index (χ0n) is 28.8. The molecule has 7 rings (SSSR count). The number of hydrogen-bond donors (Lipinski definition) is 2. The van der Waals surface area contributed by atoms with Gasteiger partial charge in [-0.15, -0.1) is 11.3 Å². The third-order valence-electron chi connectivity index (χ3n) is 10.1. The molecular weight excluding hydrogens is 705 g/mol. The van der Waals surface area contributed by atoms with E-state index >= 15 is 0 Å². The molecule has 3 aromatic carbocycles. The van der Waals surface area contributed by atoms with Crippen LogP contribution in [0.1, 0.15) is 35.9 Å². The van der Waals surface area contributed by atoms with Gasteiger partial charge in [-0.25, -0.2) is 19.0 Å². The maximum absolute atomic E-state index is 14.1. The minimum absolute atomic E-state index is 0.0529. The highest BCUT2D eigenvalue weighted by Gasteiger charge is 2.42. The SMILES string of the molecule is COC(=O)C1=C(CN2CCN3C(=O)N(c4ccc(-c5ccc(C(C)(C)C(=O)O)cc5)cc4)C[C@@H]3C2)NC(c2nccs2)=C[C@H]1c1ccc(F)cc1Cl. The van der Waals surface area contributed by atoms with Gasteiger partial charge >= 0.3 is 18.0 Å². The molecule has 0 bridgehead atoms. The molecule has 0 unspecified atom stereocenters. The lowest BCUT2D eigenvalue weighted by Gasteiger charge is -2.38. The maximum atomic E-state index is 14.1. The van der Waals surface area contributed by atoms with Crippen molar-refractivity contribution in [1.82, 2.24) is 20.1 Å². The zero-order chi connectivity index (χ0) is 36.7. The van der Waals surface area contributed by atoms with Gasteiger partial charge in [0, 0.05) is 66.6 Å². The smallest absolute Gasteiger partial charge is 0.336 e. The van der Waals surface area contributed by atoms with Crippen molar-refractivity contribution in [3.05, 3.63) is 123 Å². The van der Waals surface area contributed by atoms with Crippen LogP contribution < -0.4 is 10.2 Å². The van der Waals surface area contributed by atoms with Crippen molar-refractivity contribution >= 4 is 52.3 Å². The highest BCUT2D eigenvalue weighted by atomic mass is 35.5. The van der Waals surface area contributed by atoms with Gasteiger partial charge in [0.15, 0.2) is 0 Å². The molecule has 52 heavy (non-hydrogen) atoms. The molecule has 0 radical (unpaired) electrons. The Balaban J connectivity index is 1.09. The molecular formula is C39H37ClFN5O5S. The van der Waals surface area contributed by atoms with Crippen LogP contribution in [0.3, 0.4) is 0 Å². The van der Waals surface area contributed by atoms with Crippen LogP contribution in [-0.2, 0) is 19.7 Å². The normalized spacial score (nSPS) is 19.3. The number of benzene rings is 3. The number of fused-ring (bicyclic) bond motifs is 1. The number of methoxy groups -OCH3 is 1. The number of anilines is 1. The van der Waals surface area contributed by atoms with Gasteiger partial charge in [-0.3, -0.25) is 14.6 Å². The first kappa shape index (κ1) is 35.4. The molecule has 2 amide bonds. The number of piperazine rings is 1. The number of carboxylic acids is 1. The van der Waals surface area contributed by atoms with Gasteiger partial charge in [0.25, 0.3) is 0 Å². The van der Waals surface area contributed by atoms with Gasteiger partial charge in [-0.05, 0) is 66.4 Å². The van der Waals surface area contributed by atoms with Crippen molar-refractivity contribution < 1.29 is 28.6 Å². The molecule has 4 heterocycles. The number of hydrogen-bond acceptors (Lipinski definition) is 8. The van der Waals surface area contributed by atoms with Crippen molar-refractivity contribution in [1.29, 1.82) is 0 Å². The number of carbonyl (C=O) groups excluding carboxylic acids is 2. The summed E-state index contributed by atoms with van der Waals surface area (Å²) in [5.74, 6) is -2.49. The number of esters is 1. The number of nitrogens with one attached hydrogen (secondary N) is 1. The number of aromatic nitrogens is 1. The topological polar surface area (TPSA) is 115 Å². The number of carboxylic acid groups (broad SMARTS) is 1. The molecule has 13 heteroatoms. The fraction of sp³-hybridized carbons (Fsp3) is 0.282. The Morgan fingerprint density at radius 1 is 1.06 bits per heavy atom. The number of aliphatic carboxylic acids is 1. The summed E-state index contributed by atoms with van der Waals surface area (Å²) in [5.41, 5.74) is 4.73. The van der Waals surface area contributed by atoms with E-state index in [1.54, 1.807) is 31.0 Å². The standard InChI is InChI=1S/C39H37ClFN5O5S/c1-39(2,37(48)49)25-8-4-23(5-9-25)24-6-11-27(12-7-24)46-21-28-20-44(15-16-45(28)38(46)50)22-33-34(36(47)51-3)30(29-13-10-26(41)18-31(29)40)19-32(43-33)35-42-14-17-52-35/h4-14,17-19,28,30,43H,15-16,20-22H2,1-3H3,(H,48,49)/t28-,30-/m0/s1. The van der Waals surface area contributed by atoms with E-state index in [-0.39, 0.29) is 17.1 Å². The quantitative estimate of drug-likeness (QED) is 0.181. The van der Waals surface area contributed by atoms with Crippen LogP contribution in [0.2, 0.25) is 5.02 Å². The van der Waals surface area contributed by atoms with Gasteiger partial charge in [0.05, 0.1) is 29.8 Å². The van der Waals surface area contributed by atoms with E-state index in [1.807, 2.05) is 64.9 Å². The van der Waals surface area contributed by atoms with Gasteiger partial charge in [0.1, 0.15) is 10.8 Å². The van der Waals surface area contributed by atoms with Crippen molar-refractivity contribution in [2.75, 3.05) is 44.7 Å². The van der Waals surface area contributed by atoms with E-state index in [9.17, 15) is 23.9 Å². The Morgan fingerprint density at radius 2 is 1.77 bits per heavy atom. The van der Waals surface area contributed by atoms with Gasteiger partial charge in [0.2, 0.25) is 0 Å². The van der Waals surface area contributed by atoms with E-state index < -0.39 is 29.1 Å². The third kappa shape index (κ3) is 6.69. The molecule has 268 valence electrons. The van der Waals surface area contributed by atoms with Gasteiger partial charge < -0.3 is 20.1 Å². The third-order valence-corrected chi connectivity index (χ3v) is 11.2. The number of rotatable bonds is 9. The first-order valence-corrected chi connectivity index (χ1v) is 18.1. The van der Waals surface area contributed by atoms with E-state index in [4.69, 9.17) is 16.3 Å². The number of thiazole rings is 1. The van der Waals surface area contributed by atoms with Crippen LogP contribution in [0.4, 0.5) is 14.9 Å². The summed E-state index contributed by atoms with van der Waals surface area (Å²) in [7, 11) is 1.33. The van der Waals surface area contributed by atoms with E-state index in [1.165, 1.54) is 30.6 Å². The molecule has 2 atom stereocenters. The van der Waals surface area contributed by atoms with E-state index in [2.05, 4.69) is 15.2 Å². The molecule has 3 aliphatic heterocycles. The summed E-state index contributed by atoms with van der Waals surface area (Å²) in [6.45, 7) is 5.92. The number of amides is 2. The molecule has 10 nitrogen and oxygen atoms in total. The number of nitrogens with zero attached hydrogens (tertiary/aromatic N) is 4. The van der Waals surface area contributed by atoms with E-state index in [0.717, 1.165) is 27.4 Å². The zero-order valence-corrected chi connectivity index (χ0v) is 30.4. The summed E-state index contributed by atoms with van der Waals surface area (Å²) in [5, 5.41) is 15.8. The number of allylic oxidation sites excluding steroid dienone is 1. The van der Waals surface area contributed by atoms with Crippen molar-refractivity contribution in [3.8, 4) is 11.1 Å². The highest BCUT2D eigenvalue weighted by Crippen LogP contribution is 2.40. The second-order valence-corrected chi connectivity index (χ2v) is 14.9. The summed E-state index contributed by atoms with van der Waals surface area (Å²) >= 11 is 8.00. The Bertz CT molecular complexity index is 2080. The Kier molecular flexibility index (Phi) is 9.64. The van der Waals surface area contributed by atoms with Crippen LogP contribution in [0, 0.1) is 5.82 Å². The molecule has 2 fully saturated rings. The van der Waals surface area contributed by atoms with Crippen molar-refractivity contribution in [2.24, 2.45) is 0 Å². The highest BCUT2D eigenvalue weighted by molar-refractivity contribution is 7.10. The first-order chi connectivity index (χ1) is 24.9. The Hall–Kier alpha value is -5.04. The fourth-order valence-corrected chi connectivity index (χ4v) is 7.97. The fourth-order valence-electron chi connectivity index (χ4n) is 7.07.